The molecule has 1 aliphatic rings. The molecule has 0 aliphatic carbocycles. The fraction of sp³-hybridized carbons (Fsp3) is 0.333. The number of nitrogens with one attached hydrogen (secondary N) is 2. The van der Waals surface area contributed by atoms with Crippen LogP contribution in [0.4, 0.5) is 16.2 Å². The molecule has 2 aromatic carbocycles. The lowest BCUT2D eigenvalue weighted by Gasteiger charge is -2.17. The summed E-state index contributed by atoms with van der Waals surface area (Å²) in [5, 5.41) is 5.68. The number of nitrogens with zero attached hydrogens (tertiary/aromatic N) is 1. The highest BCUT2D eigenvalue weighted by atomic mass is 16.5. The van der Waals surface area contributed by atoms with Gasteiger partial charge in [-0.25, -0.2) is 4.79 Å². The molecule has 6 heteroatoms. The molecule has 1 atom stereocenters. The summed E-state index contributed by atoms with van der Waals surface area (Å²) in [7, 11) is 0. The Bertz CT molecular complexity index is 805. The number of benzene rings is 2. The van der Waals surface area contributed by atoms with Crippen molar-refractivity contribution in [2.75, 3.05) is 29.9 Å². The number of ether oxygens (including phenoxy) is 1. The second-order valence-electron chi connectivity index (χ2n) is 6.71. The fourth-order valence-corrected chi connectivity index (χ4v) is 3.19. The molecule has 1 unspecified atom stereocenters. The lowest BCUT2D eigenvalue weighted by atomic mass is 10.1. The maximum absolute atomic E-state index is 12.3. The Morgan fingerprint density at radius 2 is 2.00 bits per heavy atom. The zero-order valence-corrected chi connectivity index (χ0v) is 15.7. The average Bonchev–Trinajstić information content (AvgIpc) is 3.02. The number of anilines is 2. The first-order valence-corrected chi connectivity index (χ1v) is 9.20. The van der Waals surface area contributed by atoms with Crippen LogP contribution in [0.2, 0.25) is 0 Å². The van der Waals surface area contributed by atoms with Crippen LogP contribution in [0.3, 0.4) is 0 Å². The molecule has 1 fully saturated rings. The summed E-state index contributed by atoms with van der Waals surface area (Å²) in [6.45, 7) is 5.57. The fourth-order valence-electron chi connectivity index (χ4n) is 3.19. The monoisotopic (exact) mass is 367 g/mol. The molecule has 6 nitrogen and oxygen atoms in total. The van der Waals surface area contributed by atoms with E-state index in [1.54, 1.807) is 4.90 Å². The van der Waals surface area contributed by atoms with Gasteiger partial charge in [-0.15, -0.1) is 0 Å². The summed E-state index contributed by atoms with van der Waals surface area (Å²) in [5.74, 6) is 0.955. The Morgan fingerprint density at radius 1 is 1.22 bits per heavy atom. The third-order valence-corrected chi connectivity index (χ3v) is 4.49. The number of carbonyl (C=O) groups is 2. The van der Waals surface area contributed by atoms with Gasteiger partial charge in [-0.3, -0.25) is 4.79 Å². The molecular formula is C21H25N3O3. The van der Waals surface area contributed by atoms with Crippen molar-refractivity contribution in [3.05, 3.63) is 54.1 Å². The third kappa shape index (κ3) is 5.00. The van der Waals surface area contributed by atoms with Crippen LogP contribution in [0.5, 0.6) is 5.75 Å². The standard InChI is InChI=1S/C21H25N3O3/c1-3-27-19-9-7-18(8-10-19)24-14-16(12-20(24)25)13-22-21(26)23-17-6-4-5-15(2)11-17/h4-11,16H,3,12-14H2,1-2H3,(H2,22,23,26). The lowest BCUT2D eigenvalue weighted by Crippen LogP contribution is -2.34. The van der Waals surface area contributed by atoms with Crippen LogP contribution in [0.15, 0.2) is 48.5 Å². The Balaban J connectivity index is 1.50. The molecule has 1 saturated heterocycles. The average molecular weight is 367 g/mol. The minimum atomic E-state index is -0.257. The van der Waals surface area contributed by atoms with Crippen molar-refractivity contribution >= 4 is 23.3 Å². The van der Waals surface area contributed by atoms with Crippen LogP contribution in [0.25, 0.3) is 0 Å². The predicted molar refractivity (Wildman–Crippen MR) is 106 cm³/mol. The van der Waals surface area contributed by atoms with Gasteiger partial charge in [0, 0.05) is 36.8 Å². The molecule has 3 rings (SSSR count). The van der Waals surface area contributed by atoms with Crippen molar-refractivity contribution in [1.29, 1.82) is 0 Å². The second kappa shape index (κ2) is 8.58. The van der Waals surface area contributed by atoms with Crippen molar-refractivity contribution < 1.29 is 14.3 Å². The summed E-state index contributed by atoms with van der Waals surface area (Å²) in [4.78, 5) is 26.2. The van der Waals surface area contributed by atoms with E-state index in [1.807, 2.05) is 62.4 Å². The van der Waals surface area contributed by atoms with Gasteiger partial charge in [-0.1, -0.05) is 12.1 Å². The summed E-state index contributed by atoms with van der Waals surface area (Å²) < 4.78 is 5.43. The Labute approximate surface area is 159 Å². The first-order chi connectivity index (χ1) is 13.0. The summed E-state index contributed by atoms with van der Waals surface area (Å²) >= 11 is 0. The highest BCUT2D eigenvalue weighted by molar-refractivity contribution is 5.96. The smallest absolute Gasteiger partial charge is 0.319 e. The van der Waals surface area contributed by atoms with Crippen LogP contribution in [-0.2, 0) is 4.79 Å². The highest BCUT2D eigenvalue weighted by Crippen LogP contribution is 2.26. The first kappa shape index (κ1) is 18.8. The number of amides is 3. The molecule has 0 bridgehead atoms. The van der Waals surface area contributed by atoms with E-state index in [0.29, 0.717) is 26.1 Å². The van der Waals surface area contributed by atoms with E-state index < -0.39 is 0 Å². The zero-order chi connectivity index (χ0) is 19.2. The van der Waals surface area contributed by atoms with E-state index in [1.165, 1.54) is 0 Å². The Hall–Kier alpha value is -3.02. The summed E-state index contributed by atoms with van der Waals surface area (Å²) in [5.41, 5.74) is 2.70. The molecule has 2 N–H and O–H groups in total. The van der Waals surface area contributed by atoms with Crippen LogP contribution < -0.4 is 20.3 Å². The van der Waals surface area contributed by atoms with Gasteiger partial charge in [0.1, 0.15) is 5.75 Å². The quantitative estimate of drug-likeness (QED) is 0.820. The van der Waals surface area contributed by atoms with Gasteiger partial charge in [-0.05, 0) is 55.8 Å². The summed E-state index contributed by atoms with van der Waals surface area (Å²) in [6.07, 6.45) is 0.429. The van der Waals surface area contributed by atoms with E-state index in [0.717, 1.165) is 22.7 Å². The van der Waals surface area contributed by atoms with Crippen LogP contribution in [-0.4, -0.2) is 31.6 Å². The van der Waals surface area contributed by atoms with Gasteiger partial charge >= 0.3 is 6.03 Å². The zero-order valence-electron chi connectivity index (χ0n) is 15.7. The normalized spacial score (nSPS) is 16.3. The van der Waals surface area contributed by atoms with E-state index in [-0.39, 0.29) is 17.9 Å². The molecule has 0 spiro atoms. The van der Waals surface area contributed by atoms with Gasteiger partial charge in [0.15, 0.2) is 0 Å². The first-order valence-electron chi connectivity index (χ1n) is 9.20. The summed E-state index contributed by atoms with van der Waals surface area (Å²) in [6, 6.07) is 14.9. The van der Waals surface area contributed by atoms with Crippen molar-refractivity contribution in [2.24, 2.45) is 5.92 Å². The molecule has 0 radical (unpaired) electrons. The van der Waals surface area contributed by atoms with E-state index in [9.17, 15) is 9.59 Å². The van der Waals surface area contributed by atoms with Gasteiger partial charge < -0.3 is 20.3 Å². The van der Waals surface area contributed by atoms with Crippen LogP contribution >= 0.6 is 0 Å². The van der Waals surface area contributed by atoms with E-state index in [2.05, 4.69) is 10.6 Å². The van der Waals surface area contributed by atoms with E-state index in [4.69, 9.17) is 4.74 Å². The third-order valence-electron chi connectivity index (χ3n) is 4.49. The minimum Gasteiger partial charge on any atom is -0.494 e. The molecule has 27 heavy (non-hydrogen) atoms. The van der Waals surface area contributed by atoms with E-state index >= 15 is 0 Å². The molecule has 1 heterocycles. The van der Waals surface area contributed by atoms with Crippen LogP contribution in [0.1, 0.15) is 18.9 Å². The van der Waals surface area contributed by atoms with Crippen molar-refractivity contribution in [3.8, 4) is 5.75 Å². The second-order valence-corrected chi connectivity index (χ2v) is 6.71. The Kier molecular flexibility index (Phi) is 5.96. The molecule has 3 amide bonds. The molecule has 2 aromatic rings. The predicted octanol–water partition coefficient (Wildman–Crippen LogP) is 3.57. The molecule has 142 valence electrons. The number of hydrogen-bond acceptors (Lipinski definition) is 3. The maximum Gasteiger partial charge on any atom is 0.319 e. The minimum absolute atomic E-state index is 0.0741. The number of rotatable bonds is 6. The van der Waals surface area contributed by atoms with Crippen molar-refractivity contribution in [2.45, 2.75) is 20.3 Å². The van der Waals surface area contributed by atoms with Crippen molar-refractivity contribution in [3.63, 3.8) is 0 Å². The number of urea groups is 1. The maximum atomic E-state index is 12.3. The highest BCUT2D eigenvalue weighted by Gasteiger charge is 2.30. The van der Waals surface area contributed by atoms with Gasteiger partial charge in [0.25, 0.3) is 0 Å². The largest absolute Gasteiger partial charge is 0.494 e. The van der Waals surface area contributed by atoms with Gasteiger partial charge in [-0.2, -0.15) is 0 Å². The number of carbonyl (C=O) groups excluding carboxylic acids is 2. The van der Waals surface area contributed by atoms with Crippen molar-refractivity contribution in [1.82, 2.24) is 5.32 Å². The van der Waals surface area contributed by atoms with Crippen LogP contribution in [0, 0.1) is 12.8 Å². The van der Waals surface area contributed by atoms with Gasteiger partial charge in [0.05, 0.1) is 6.61 Å². The van der Waals surface area contributed by atoms with Gasteiger partial charge in [0.2, 0.25) is 5.91 Å². The SMILES string of the molecule is CCOc1ccc(N2CC(CNC(=O)Nc3cccc(C)c3)CC2=O)cc1. The number of aryl methyl sites for hydroxylation is 1. The Morgan fingerprint density at radius 3 is 2.70 bits per heavy atom. The lowest BCUT2D eigenvalue weighted by molar-refractivity contribution is -0.117. The molecule has 1 aliphatic heterocycles. The molecule has 0 aromatic heterocycles. The topological polar surface area (TPSA) is 70.7 Å². The number of hydrogen-bond donors (Lipinski definition) is 2. The molecule has 0 saturated carbocycles. The molecular weight excluding hydrogens is 342 g/mol.